The van der Waals surface area contributed by atoms with E-state index >= 15 is 0 Å². The van der Waals surface area contributed by atoms with Gasteiger partial charge in [0.25, 0.3) is 0 Å². The average molecular weight is 318 g/mol. The zero-order valence-corrected chi connectivity index (χ0v) is 11.9. The van der Waals surface area contributed by atoms with E-state index in [4.69, 9.17) is 5.73 Å². The molecule has 0 amide bonds. The van der Waals surface area contributed by atoms with Crippen LogP contribution in [-0.4, -0.2) is 15.2 Å². The molecule has 0 spiro atoms. The van der Waals surface area contributed by atoms with E-state index in [1.54, 1.807) is 0 Å². The summed E-state index contributed by atoms with van der Waals surface area (Å²) in [4.78, 5) is 4.28. The predicted octanol–water partition coefficient (Wildman–Crippen LogP) is 3.54. The van der Waals surface area contributed by atoms with Crippen LogP contribution < -0.4 is 5.73 Å². The number of rotatable bonds is 3. The zero-order valence-electron chi connectivity index (χ0n) is 11.9. The van der Waals surface area contributed by atoms with Gasteiger partial charge in [-0.15, -0.1) is 0 Å². The van der Waals surface area contributed by atoms with Crippen LogP contribution in [0.5, 0.6) is 0 Å². The van der Waals surface area contributed by atoms with Crippen LogP contribution in [0.15, 0.2) is 54.6 Å². The molecular weight excluding hydrogens is 305 g/mol. The van der Waals surface area contributed by atoms with E-state index < -0.39 is 17.8 Å². The summed E-state index contributed by atoms with van der Waals surface area (Å²) in [5.74, 6) is 0.756. The maximum atomic E-state index is 12.6. The molecule has 0 bridgehead atoms. The quantitative estimate of drug-likeness (QED) is 0.776. The minimum atomic E-state index is -4.36. The Morgan fingerprint density at radius 2 is 1.61 bits per heavy atom. The van der Waals surface area contributed by atoms with Crippen LogP contribution in [0.25, 0.3) is 11.4 Å². The molecule has 118 valence electrons. The van der Waals surface area contributed by atoms with Crippen molar-refractivity contribution in [2.75, 3.05) is 0 Å². The summed E-state index contributed by atoms with van der Waals surface area (Å²) in [5, 5.41) is 6.77. The summed E-state index contributed by atoms with van der Waals surface area (Å²) in [6.07, 6.45) is -4.36. The molecule has 0 unspecified atom stereocenters. The fourth-order valence-electron chi connectivity index (χ4n) is 2.17. The highest BCUT2D eigenvalue weighted by Gasteiger charge is 2.30. The second kappa shape index (κ2) is 5.85. The number of halogens is 3. The molecule has 0 saturated carbocycles. The van der Waals surface area contributed by atoms with Crippen molar-refractivity contribution in [3.05, 3.63) is 71.5 Å². The Balaban J connectivity index is 1.85. The Hall–Kier alpha value is -2.67. The number of alkyl halides is 3. The number of hydrogen-bond acceptors (Lipinski definition) is 3. The topological polar surface area (TPSA) is 67.6 Å². The number of nitrogens with two attached hydrogens (primary N) is 1. The van der Waals surface area contributed by atoms with Gasteiger partial charge in [-0.1, -0.05) is 42.5 Å². The van der Waals surface area contributed by atoms with E-state index in [2.05, 4.69) is 15.2 Å². The van der Waals surface area contributed by atoms with Gasteiger partial charge in [-0.3, -0.25) is 5.10 Å². The van der Waals surface area contributed by atoms with E-state index in [1.807, 2.05) is 30.3 Å². The molecule has 3 aromatic rings. The molecule has 2 aromatic carbocycles. The standard InChI is InChI=1S/C16H13F3N4/c17-16(18,19)12-8-6-11(7-9-12)14-21-15(23-22-14)13(20)10-4-2-1-3-5-10/h1-9,13H,20H2,(H,21,22,23)/t13-/m0/s1. The molecule has 1 aromatic heterocycles. The van der Waals surface area contributed by atoms with Crippen molar-refractivity contribution >= 4 is 0 Å². The van der Waals surface area contributed by atoms with Crippen LogP contribution >= 0.6 is 0 Å². The lowest BCUT2D eigenvalue weighted by Crippen LogP contribution is -2.13. The third kappa shape index (κ3) is 3.24. The first kappa shape index (κ1) is 15.2. The van der Waals surface area contributed by atoms with Crippen molar-refractivity contribution in [2.24, 2.45) is 5.73 Å². The summed E-state index contributed by atoms with van der Waals surface area (Å²) < 4.78 is 37.7. The van der Waals surface area contributed by atoms with Gasteiger partial charge in [0.1, 0.15) is 5.82 Å². The van der Waals surface area contributed by atoms with Crippen LogP contribution in [0.4, 0.5) is 13.2 Å². The third-order valence-electron chi connectivity index (χ3n) is 3.43. The van der Waals surface area contributed by atoms with Gasteiger partial charge < -0.3 is 5.73 Å². The molecule has 4 nitrogen and oxygen atoms in total. The van der Waals surface area contributed by atoms with E-state index in [-0.39, 0.29) is 0 Å². The number of aromatic amines is 1. The summed E-state index contributed by atoms with van der Waals surface area (Å²) in [5.41, 5.74) is 6.75. The van der Waals surface area contributed by atoms with Crippen molar-refractivity contribution < 1.29 is 13.2 Å². The van der Waals surface area contributed by atoms with E-state index in [0.29, 0.717) is 17.2 Å². The molecular formula is C16H13F3N4. The van der Waals surface area contributed by atoms with Crippen LogP contribution in [0, 0.1) is 0 Å². The van der Waals surface area contributed by atoms with Crippen molar-refractivity contribution in [3.8, 4) is 11.4 Å². The molecule has 0 aliphatic heterocycles. The number of H-pyrrole nitrogens is 1. The molecule has 7 heteroatoms. The van der Waals surface area contributed by atoms with Crippen molar-refractivity contribution in [2.45, 2.75) is 12.2 Å². The number of aromatic nitrogens is 3. The average Bonchev–Trinajstić information content (AvgIpc) is 3.04. The lowest BCUT2D eigenvalue weighted by atomic mass is 10.1. The Morgan fingerprint density at radius 1 is 0.957 bits per heavy atom. The first-order chi connectivity index (χ1) is 10.9. The van der Waals surface area contributed by atoms with Gasteiger partial charge >= 0.3 is 6.18 Å². The second-order valence-electron chi connectivity index (χ2n) is 5.01. The zero-order chi connectivity index (χ0) is 16.4. The van der Waals surface area contributed by atoms with Crippen molar-refractivity contribution in [1.82, 2.24) is 15.2 Å². The monoisotopic (exact) mass is 318 g/mol. The normalized spacial score (nSPS) is 13.0. The Kier molecular flexibility index (Phi) is 3.87. The molecule has 3 rings (SSSR count). The number of benzene rings is 2. The molecule has 0 fully saturated rings. The van der Waals surface area contributed by atoms with Gasteiger partial charge in [0.2, 0.25) is 0 Å². The van der Waals surface area contributed by atoms with Crippen LogP contribution in [0.3, 0.4) is 0 Å². The first-order valence-corrected chi connectivity index (χ1v) is 6.85. The SMILES string of the molecule is N[C@@H](c1ccccc1)c1nc(-c2ccc(C(F)(F)F)cc2)n[nH]1. The molecule has 0 aliphatic carbocycles. The van der Waals surface area contributed by atoms with Gasteiger partial charge in [0.15, 0.2) is 5.82 Å². The van der Waals surface area contributed by atoms with Crippen LogP contribution in [0.1, 0.15) is 23.0 Å². The number of hydrogen-bond donors (Lipinski definition) is 2. The van der Waals surface area contributed by atoms with Gasteiger partial charge in [-0.25, -0.2) is 4.98 Å². The Morgan fingerprint density at radius 3 is 2.22 bits per heavy atom. The third-order valence-corrected chi connectivity index (χ3v) is 3.43. The minimum Gasteiger partial charge on any atom is -0.318 e. The minimum absolute atomic E-state index is 0.306. The highest BCUT2D eigenvalue weighted by atomic mass is 19.4. The number of nitrogens with zero attached hydrogens (tertiary/aromatic N) is 2. The van der Waals surface area contributed by atoms with E-state index in [1.165, 1.54) is 12.1 Å². The highest BCUT2D eigenvalue weighted by Crippen LogP contribution is 2.30. The first-order valence-electron chi connectivity index (χ1n) is 6.85. The van der Waals surface area contributed by atoms with Crippen molar-refractivity contribution in [1.29, 1.82) is 0 Å². The van der Waals surface area contributed by atoms with Gasteiger partial charge in [0.05, 0.1) is 11.6 Å². The Labute approximate surface area is 130 Å². The molecule has 23 heavy (non-hydrogen) atoms. The summed E-state index contributed by atoms with van der Waals surface area (Å²) >= 11 is 0. The maximum absolute atomic E-state index is 12.6. The van der Waals surface area contributed by atoms with Crippen LogP contribution in [-0.2, 0) is 6.18 Å². The summed E-state index contributed by atoms with van der Waals surface area (Å²) in [7, 11) is 0. The maximum Gasteiger partial charge on any atom is 0.416 e. The van der Waals surface area contributed by atoms with Crippen LogP contribution in [0.2, 0.25) is 0 Å². The van der Waals surface area contributed by atoms with Crippen molar-refractivity contribution in [3.63, 3.8) is 0 Å². The fraction of sp³-hybridized carbons (Fsp3) is 0.125. The van der Waals surface area contributed by atoms with E-state index in [9.17, 15) is 13.2 Å². The van der Waals surface area contributed by atoms with Gasteiger partial charge in [-0.2, -0.15) is 18.3 Å². The summed E-state index contributed by atoms with van der Waals surface area (Å²) in [6.45, 7) is 0. The van der Waals surface area contributed by atoms with Gasteiger partial charge in [-0.05, 0) is 17.7 Å². The molecule has 0 radical (unpaired) electrons. The lowest BCUT2D eigenvalue weighted by molar-refractivity contribution is -0.137. The highest BCUT2D eigenvalue weighted by molar-refractivity contribution is 5.55. The second-order valence-corrected chi connectivity index (χ2v) is 5.01. The molecule has 1 atom stereocenters. The van der Waals surface area contributed by atoms with Gasteiger partial charge in [0, 0.05) is 5.56 Å². The molecule has 0 aliphatic rings. The largest absolute Gasteiger partial charge is 0.416 e. The summed E-state index contributed by atoms with van der Waals surface area (Å²) in [6, 6.07) is 13.5. The number of nitrogens with one attached hydrogen (secondary N) is 1. The lowest BCUT2D eigenvalue weighted by Gasteiger charge is -2.07. The molecule has 3 N–H and O–H groups in total. The Bertz CT molecular complexity index is 779. The van der Waals surface area contributed by atoms with E-state index in [0.717, 1.165) is 17.7 Å². The smallest absolute Gasteiger partial charge is 0.318 e. The molecule has 1 heterocycles. The fourth-order valence-corrected chi connectivity index (χ4v) is 2.17. The predicted molar refractivity (Wildman–Crippen MR) is 79.3 cm³/mol. The molecule has 0 saturated heterocycles.